The van der Waals surface area contributed by atoms with Crippen LogP contribution >= 0.6 is 0 Å². The van der Waals surface area contributed by atoms with E-state index >= 15 is 0 Å². The Labute approximate surface area is 126 Å². The second kappa shape index (κ2) is 9.21. The SMILES string of the molecule is CCCCCCCCCCOc1c(O)c(N)cc(N)c1O. The van der Waals surface area contributed by atoms with Crippen LogP contribution < -0.4 is 16.2 Å². The standard InChI is InChI=1S/C16H28N2O3/c1-2-3-4-5-6-7-8-9-10-21-16-14(19)12(17)11-13(18)15(16)20/h11,19-20H,2-10,17-18H2,1H3. The predicted octanol–water partition coefficient (Wildman–Crippen LogP) is 3.78. The maximum Gasteiger partial charge on any atom is 0.207 e. The highest BCUT2D eigenvalue weighted by molar-refractivity contribution is 5.74. The Balaban J connectivity index is 2.24. The summed E-state index contributed by atoms with van der Waals surface area (Å²) in [7, 11) is 0. The van der Waals surface area contributed by atoms with Gasteiger partial charge in [0.2, 0.25) is 5.75 Å². The van der Waals surface area contributed by atoms with Gasteiger partial charge in [0.15, 0.2) is 11.5 Å². The molecule has 0 saturated heterocycles. The zero-order chi connectivity index (χ0) is 15.7. The zero-order valence-corrected chi connectivity index (χ0v) is 12.9. The van der Waals surface area contributed by atoms with E-state index in [0.717, 1.165) is 12.8 Å². The average Bonchev–Trinajstić information content (AvgIpc) is 2.46. The molecule has 0 radical (unpaired) electrons. The molecule has 1 aromatic carbocycles. The fraction of sp³-hybridized carbons (Fsp3) is 0.625. The molecule has 0 amide bonds. The van der Waals surface area contributed by atoms with Crippen LogP contribution in [0.2, 0.25) is 0 Å². The number of phenols is 2. The third kappa shape index (κ3) is 5.61. The van der Waals surface area contributed by atoms with Gasteiger partial charge in [0.25, 0.3) is 0 Å². The van der Waals surface area contributed by atoms with E-state index in [1.54, 1.807) is 0 Å². The molecule has 5 heteroatoms. The molecule has 0 saturated carbocycles. The first-order valence-electron chi connectivity index (χ1n) is 7.80. The van der Waals surface area contributed by atoms with E-state index in [4.69, 9.17) is 16.2 Å². The highest BCUT2D eigenvalue weighted by Gasteiger charge is 2.15. The molecular formula is C16H28N2O3. The summed E-state index contributed by atoms with van der Waals surface area (Å²) in [6.45, 7) is 2.64. The molecule has 120 valence electrons. The van der Waals surface area contributed by atoms with Crippen LogP contribution in [-0.2, 0) is 0 Å². The fourth-order valence-electron chi connectivity index (χ4n) is 2.23. The number of rotatable bonds is 10. The molecule has 0 atom stereocenters. The van der Waals surface area contributed by atoms with Crippen molar-refractivity contribution in [3.8, 4) is 17.2 Å². The number of ether oxygens (including phenoxy) is 1. The summed E-state index contributed by atoms with van der Waals surface area (Å²) in [6, 6.07) is 1.31. The normalized spacial score (nSPS) is 10.7. The largest absolute Gasteiger partial charge is 0.503 e. The van der Waals surface area contributed by atoms with Crippen molar-refractivity contribution in [2.24, 2.45) is 0 Å². The first kappa shape index (κ1) is 17.3. The fourth-order valence-corrected chi connectivity index (χ4v) is 2.23. The third-order valence-electron chi connectivity index (χ3n) is 3.53. The van der Waals surface area contributed by atoms with Gasteiger partial charge in [0.1, 0.15) is 0 Å². The molecular weight excluding hydrogens is 268 g/mol. The van der Waals surface area contributed by atoms with Crippen molar-refractivity contribution < 1.29 is 14.9 Å². The molecule has 0 fully saturated rings. The van der Waals surface area contributed by atoms with Gasteiger partial charge in [-0.2, -0.15) is 0 Å². The smallest absolute Gasteiger partial charge is 0.207 e. The van der Waals surface area contributed by atoms with Gasteiger partial charge in [-0.25, -0.2) is 0 Å². The zero-order valence-electron chi connectivity index (χ0n) is 12.9. The molecule has 5 nitrogen and oxygen atoms in total. The number of anilines is 2. The van der Waals surface area contributed by atoms with Crippen molar-refractivity contribution in [3.63, 3.8) is 0 Å². The van der Waals surface area contributed by atoms with E-state index in [1.807, 2.05) is 0 Å². The van der Waals surface area contributed by atoms with Crippen molar-refractivity contribution in [2.75, 3.05) is 18.1 Å². The summed E-state index contributed by atoms with van der Waals surface area (Å²) in [5.74, 6) is -0.516. The molecule has 0 unspecified atom stereocenters. The van der Waals surface area contributed by atoms with Crippen molar-refractivity contribution in [1.29, 1.82) is 0 Å². The Bertz CT molecular complexity index is 410. The summed E-state index contributed by atoms with van der Waals surface area (Å²) < 4.78 is 5.41. The molecule has 0 heterocycles. The van der Waals surface area contributed by atoms with Crippen molar-refractivity contribution in [2.45, 2.75) is 58.3 Å². The van der Waals surface area contributed by atoms with Crippen molar-refractivity contribution in [3.05, 3.63) is 6.07 Å². The highest BCUT2D eigenvalue weighted by atomic mass is 16.5. The van der Waals surface area contributed by atoms with E-state index in [1.165, 1.54) is 44.6 Å². The first-order valence-corrected chi connectivity index (χ1v) is 7.80. The Morgan fingerprint density at radius 2 is 1.33 bits per heavy atom. The number of hydrogen-bond acceptors (Lipinski definition) is 5. The molecule has 1 rings (SSSR count). The molecule has 0 aliphatic carbocycles. The number of nitrogens with two attached hydrogens (primary N) is 2. The Morgan fingerprint density at radius 3 is 1.86 bits per heavy atom. The van der Waals surface area contributed by atoms with Gasteiger partial charge in [-0.15, -0.1) is 0 Å². The van der Waals surface area contributed by atoms with Gasteiger partial charge in [0.05, 0.1) is 18.0 Å². The maximum atomic E-state index is 9.76. The second-order valence-corrected chi connectivity index (χ2v) is 5.40. The van der Waals surface area contributed by atoms with E-state index in [2.05, 4.69) is 6.92 Å². The minimum Gasteiger partial charge on any atom is -0.503 e. The maximum absolute atomic E-state index is 9.76. The Kier molecular flexibility index (Phi) is 7.58. The van der Waals surface area contributed by atoms with Gasteiger partial charge in [-0.05, 0) is 12.5 Å². The van der Waals surface area contributed by atoms with Crippen molar-refractivity contribution >= 4 is 11.4 Å². The molecule has 6 N–H and O–H groups in total. The summed E-state index contributed by atoms with van der Waals surface area (Å²) in [6.07, 6.45) is 9.58. The lowest BCUT2D eigenvalue weighted by Crippen LogP contribution is -2.01. The average molecular weight is 296 g/mol. The van der Waals surface area contributed by atoms with E-state index in [-0.39, 0.29) is 28.6 Å². The van der Waals surface area contributed by atoms with E-state index < -0.39 is 0 Å². The number of hydrogen-bond donors (Lipinski definition) is 4. The quantitative estimate of drug-likeness (QED) is 0.228. The van der Waals surface area contributed by atoms with Gasteiger partial charge in [0, 0.05) is 0 Å². The summed E-state index contributed by atoms with van der Waals surface area (Å²) in [4.78, 5) is 0. The van der Waals surface area contributed by atoms with Crippen LogP contribution in [0.3, 0.4) is 0 Å². The molecule has 0 spiro atoms. The van der Waals surface area contributed by atoms with Gasteiger partial charge in [-0.3, -0.25) is 0 Å². The van der Waals surface area contributed by atoms with Gasteiger partial charge < -0.3 is 26.4 Å². The second-order valence-electron chi connectivity index (χ2n) is 5.40. The molecule has 0 aliphatic heterocycles. The summed E-state index contributed by atoms with van der Waals surface area (Å²) >= 11 is 0. The Morgan fingerprint density at radius 1 is 0.857 bits per heavy atom. The molecule has 21 heavy (non-hydrogen) atoms. The number of aromatic hydroxyl groups is 2. The van der Waals surface area contributed by atoms with Crippen LogP contribution in [0.25, 0.3) is 0 Å². The highest BCUT2D eigenvalue weighted by Crippen LogP contribution is 2.44. The number of benzene rings is 1. The monoisotopic (exact) mass is 296 g/mol. The van der Waals surface area contributed by atoms with Gasteiger partial charge >= 0.3 is 0 Å². The number of phenolic OH excluding ortho intramolecular Hbond substituents is 2. The van der Waals surface area contributed by atoms with Crippen LogP contribution in [0.15, 0.2) is 6.07 Å². The Hall–Kier alpha value is -1.78. The van der Waals surface area contributed by atoms with Crippen LogP contribution in [0.1, 0.15) is 58.3 Å². The van der Waals surface area contributed by atoms with Crippen LogP contribution in [0, 0.1) is 0 Å². The lowest BCUT2D eigenvalue weighted by Gasteiger charge is -2.13. The third-order valence-corrected chi connectivity index (χ3v) is 3.53. The first-order chi connectivity index (χ1) is 10.1. The summed E-state index contributed by atoms with van der Waals surface area (Å²) in [5, 5.41) is 19.5. The molecule has 0 bridgehead atoms. The lowest BCUT2D eigenvalue weighted by molar-refractivity contribution is 0.275. The van der Waals surface area contributed by atoms with Crippen LogP contribution in [0.5, 0.6) is 17.2 Å². The topological polar surface area (TPSA) is 102 Å². The van der Waals surface area contributed by atoms with E-state index in [0.29, 0.717) is 6.61 Å². The summed E-state index contributed by atoms with van der Waals surface area (Å²) in [5.41, 5.74) is 11.4. The molecule has 0 aliphatic rings. The predicted molar refractivity (Wildman–Crippen MR) is 86.7 cm³/mol. The minimum atomic E-state index is -0.249. The van der Waals surface area contributed by atoms with Gasteiger partial charge in [-0.1, -0.05) is 51.9 Å². The van der Waals surface area contributed by atoms with Crippen molar-refractivity contribution in [1.82, 2.24) is 0 Å². The lowest BCUT2D eigenvalue weighted by atomic mass is 10.1. The minimum absolute atomic E-state index is 0.0181. The molecule has 0 aromatic heterocycles. The number of unbranched alkanes of at least 4 members (excludes halogenated alkanes) is 7. The molecule has 1 aromatic rings. The number of nitrogen functional groups attached to an aromatic ring is 2. The van der Waals surface area contributed by atoms with E-state index in [9.17, 15) is 10.2 Å². The van der Waals surface area contributed by atoms with Crippen LogP contribution in [-0.4, -0.2) is 16.8 Å². The van der Waals surface area contributed by atoms with Crippen LogP contribution in [0.4, 0.5) is 11.4 Å².